The van der Waals surface area contributed by atoms with E-state index in [-0.39, 0.29) is 13.0 Å². The van der Waals surface area contributed by atoms with Crippen molar-refractivity contribution in [3.05, 3.63) is 0 Å². The minimum Gasteiger partial charge on any atom is -0.473 e. The van der Waals surface area contributed by atoms with Crippen LogP contribution in [0.1, 0.15) is 27.2 Å². The van der Waals surface area contributed by atoms with Crippen LogP contribution in [0.3, 0.4) is 0 Å². The molecule has 0 radical (unpaired) electrons. The molecule has 0 saturated carbocycles. The van der Waals surface area contributed by atoms with E-state index in [2.05, 4.69) is 9.47 Å². The van der Waals surface area contributed by atoms with Crippen molar-refractivity contribution in [2.75, 3.05) is 6.61 Å². The standard InChI is InChI=1S/C9H14O6/c1-4-14-6(10)5-9(2,3)15-8(13)7(11)12/h4-5H2,1-3H3,(H,11,12). The van der Waals surface area contributed by atoms with Crippen LogP contribution in [0.15, 0.2) is 0 Å². The summed E-state index contributed by atoms with van der Waals surface area (Å²) in [5.74, 6) is -3.61. The molecule has 6 nitrogen and oxygen atoms in total. The lowest BCUT2D eigenvalue weighted by Crippen LogP contribution is -2.34. The fraction of sp³-hybridized carbons (Fsp3) is 0.667. The number of carbonyl (C=O) groups is 3. The molecule has 0 unspecified atom stereocenters. The molecular formula is C9H14O6. The zero-order valence-electron chi connectivity index (χ0n) is 8.90. The van der Waals surface area contributed by atoms with Crippen LogP contribution in [0.25, 0.3) is 0 Å². The van der Waals surface area contributed by atoms with Crippen LogP contribution in [0, 0.1) is 0 Å². The minimum atomic E-state index is -1.69. The smallest absolute Gasteiger partial charge is 0.417 e. The van der Waals surface area contributed by atoms with Crippen molar-refractivity contribution in [3.63, 3.8) is 0 Å². The van der Waals surface area contributed by atoms with Crippen molar-refractivity contribution in [2.24, 2.45) is 0 Å². The number of hydrogen-bond acceptors (Lipinski definition) is 5. The van der Waals surface area contributed by atoms with E-state index in [0.29, 0.717) is 0 Å². The molecule has 0 spiro atoms. The van der Waals surface area contributed by atoms with Crippen LogP contribution < -0.4 is 0 Å². The Morgan fingerprint density at radius 3 is 2.20 bits per heavy atom. The second kappa shape index (κ2) is 5.33. The maximum Gasteiger partial charge on any atom is 0.417 e. The molecule has 0 aromatic rings. The number of carbonyl (C=O) groups excluding carboxylic acids is 2. The first-order valence-electron chi connectivity index (χ1n) is 4.40. The zero-order chi connectivity index (χ0) is 12.1. The normalized spacial score (nSPS) is 10.6. The molecule has 0 aromatic heterocycles. The number of carboxylic acids is 1. The highest BCUT2D eigenvalue weighted by atomic mass is 16.6. The summed E-state index contributed by atoms with van der Waals surface area (Å²) >= 11 is 0. The average Bonchev–Trinajstić information content (AvgIpc) is 2.01. The Morgan fingerprint density at radius 1 is 1.27 bits per heavy atom. The Hall–Kier alpha value is -1.59. The summed E-state index contributed by atoms with van der Waals surface area (Å²) in [5.41, 5.74) is -1.18. The van der Waals surface area contributed by atoms with Gasteiger partial charge >= 0.3 is 17.9 Å². The molecule has 0 atom stereocenters. The Kier molecular flexibility index (Phi) is 4.77. The lowest BCUT2D eigenvalue weighted by atomic mass is 10.1. The lowest BCUT2D eigenvalue weighted by Gasteiger charge is -2.22. The van der Waals surface area contributed by atoms with Crippen molar-refractivity contribution in [2.45, 2.75) is 32.8 Å². The number of aliphatic carboxylic acids is 1. The fourth-order valence-electron chi connectivity index (χ4n) is 0.890. The van der Waals surface area contributed by atoms with E-state index in [0.717, 1.165) is 0 Å². The molecular weight excluding hydrogens is 204 g/mol. The molecule has 0 amide bonds. The number of ether oxygens (including phenoxy) is 2. The molecule has 0 fully saturated rings. The number of hydrogen-bond donors (Lipinski definition) is 1. The molecule has 0 heterocycles. The van der Waals surface area contributed by atoms with Crippen molar-refractivity contribution in [3.8, 4) is 0 Å². The molecule has 86 valence electrons. The van der Waals surface area contributed by atoms with Crippen LogP contribution in [-0.2, 0) is 23.9 Å². The third-order valence-corrected chi connectivity index (χ3v) is 1.42. The number of carboxylic acid groups (broad SMARTS) is 1. The Morgan fingerprint density at radius 2 is 1.80 bits per heavy atom. The molecule has 15 heavy (non-hydrogen) atoms. The Labute approximate surface area is 87.2 Å². The summed E-state index contributed by atoms with van der Waals surface area (Å²) in [7, 11) is 0. The van der Waals surface area contributed by atoms with E-state index in [1.165, 1.54) is 13.8 Å². The first kappa shape index (κ1) is 13.4. The van der Waals surface area contributed by atoms with Gasteiger partial charge in [-0.15, -0.1) is 0 Å². The van der Waals surface area contributed by atoms with Gasteiger partial charge in [0.1, 0.15) is 5.60 Å². The van der Waals surface area contributed by atoms with Gasteiger partial charge in [0, 0.05) is 0 Å². The molecule has 0 aliphatic carbocycles. The minimum absolute atomic E-state index is 0.181. The van der Waals surface area contributed by atoms with E-state index >= 15 is 0 Å². The SMILES string of the molecule is CCOC(=O)CC(C)(C)OC(=O)C(=O)O. The van der Waals surface area contributed by atoms with Gasteiger partial charge in [-0.25, -0.2) is 9.59 Å². The number of esters is 2. The van der Waals surface area contributed by atoms with Crippen LogP contribution in [0.4, 0.5) is 0 Å². The van der Waals surface area contributed by atoms with Gasteiger partial charge in [-0.1, -0.05) is 0 Å². The first-order valence-corrected chi connectivity index (χ1v) is 4.40. The van der Waals surface area contributed by atoms with E-state index in [9.17, 15) is 14.4 Å². The van der Waals surface area contributed by atoms with E-state index in [1.54, 1.807) is 6.92 Å². The predicted molar refractivity (Wildman–Crippen MR) is 49.1 cm³/mol. The summed E-state index contributed by atoms with van der Waals surface area (Å²) in [5, 5.41) is 8.29. The van der Waals surface area contributed by atoms with Crippen LogP contribution in [0.5, 0.6) is 0 Å². The van der Waals surface area contributed by atoms with Gasteiger partial charge in [0.05, 0.1) is 13.0 Å². The fourth-order valence-corrected chi connectivity index (χ4v) is 0.890. The maximum atomic E-state index is 11.0. The third kappa shape index (κ3) is 5.66. The average molecular weight is 218 g/mol. The summed E-state index contributed by atoms with van der Waals surface area (Å²) in [4.78, 5) is 32.0. The van der Waals surface area contributed by atoms with E-state index < -0.39 is 23.5 Å². The van der Waals surface area contributed by atoms with Gasteiger partial charge in [-0.05, 0) is 20.8 Å². The molecule has 0 aromatic carbocycles. The van der Waals surface area contributed by atoms with Crippen molar-refractivity contribution in [1.29, 1.82) is 0 Å². The van der Waals surface area contributed by atoms with Crippen LogP contribution in [-0.4, -0.2) is 35.2 Å². The lowest BCUT2D eigenvalue weighted by molar-refractivity contribution is -0.175. The summed E-state index contributed by atoms with van der Waals surface area (Å²) < 4.78 is 9.22. The summed E-state index contributed by atoms with van der Waals surface area (Å²) in [6, 6.07) is 0. The molecule has 0 aliphatic heterocycles. The zero-order valence-corrected chi connectivity index (χ0v) is 8.90. The molecule has 0 saturated heterocycles. The quantitative estimate of drug-likeness (QED) is 0.540. The highest BCUT2D eigenvalue weighted by Crippen LogP contribution is 2.15. The first-order chi connectivity index (χ1) is 6.78. The summed E-state index contributed by atoms with van der Waals surface area (Å²) in [6.45, 7) is 4.74. The Bertz CT molecular complexity index is 268. The second-order valence-electron chi connectivity index (χ2n) is 3.44. The molecule has 0 bridgehead atoms. The van der Waals surface area contributed by atoms with Gasteiger partial charge in [0.15, 0.2) is 0 Å². The highest BCUT2D eigenvalue weighted by molar-refractivity contribution is 6.28. The van der Waals surface area contributed by atoms with Crippen molar-refractivity contribution in [1.82, 2.24) is 0 Å². The van der Waals surface area contributed by atoms with Crippen LogP contribution in [0.2, 0.25) is 0 Å². The monoisotopic (exact) mass is 218 g/mol. The summed E-state index contributed by atoms with van der Waals surface area (Å²) in [6.07, 6.45) is -0.181. The van der Waals surface area contributed by atoms with Gasteiger partial charge in [-0.2, -0.15) is 0 Å². The van der Waals surface area contributed by atoms with Crippen molar-refractivity contribution >= 4 is 17.9 Å². The largest absolute Gasteiger partial charge is 0.473 e. The topological polar surface area (TPSA) is 89.9 Å². The third-order valence-electron chi connectivity index (χ3n) is 1.42. The Balaban J connectivity index is 4.24. The van der Waals surface area contributed by atoms with E-state index in [4.69, 9.17) is 5.11 Å². The highest BCUT2D eigenvalue weighted by Gasteiger charge is 2.29. The van der Waals surface area contributed by atoms with Gasteiger partial charge < -0.3 is 14.6 Å². The van der Waals surface area contributed by atoms with Gasteiger partial charge in [0.2, 0.25) is 0 Å². The molecule has 0 aliphatic rings. The second-order valence-corrected chi connectivity index (χ2v) is 3.44. The van der Waals surface area contributed by atoms with Gasteiger partial charge in [0.25, 0.3) is 0 Å². The van der Waals surface area contributed by atoms with E-state index in [1.807, 2.05) is 0 Å². The molecule has 6 heteroatoms. The number of rotatable bonds is 4. The van der Waals surface area contributed by atoms with Crippen molar-refractivity contribution < 1.29 is 29.0 Å². The molecule has 1 N–H and O–H groups in total. The van der Waals surface area contributed by atoms with Crippen LogP contribution >= 0.6 is 0 Å². The molecule has 0 rings (SSSR count). The van der Waals surface area contributed by atoms with Gasteiger partial charge in [-0.3, -0.25) is 4.79 Å². The predicted octanol–water partition coefficient (Wildman–Crippen LogP) is 0.346. The maximum absolute atomic E-state index is 11.0.